The first-order chi connectivity index (χ1) is 15.5. The Morgan fingerprint density at radius 2 is 1.94 bits per heavy atom. The molecule has 1 aliphatic carbocycles. The number of nitrogens with zero attached hydrogens (tertiary/aromatic N) is 1. The van der Waals surface area contributed by atoms with Crippen LogP contribution in [-0.4, -0.2) is 47.7 Å². The van der Waals surface area contributed by atoms with Crippen molar-refractivity contribution < 1.29 is 28.0 Å². The molecule has 2 aliphatic heterocycles. The molecular weight excluding hydrogens is 431 g/mol. The molecule has 2 fully saturated rings. The van der Waals surface area contributed by atoms with Crippen molar-refractivity contribution in [3.63, 3.8) is 0 Å². The summed E-state index contributed by atoms with van der Waals surface area (Å²) in [4.78, 5) is 50.6. The van der Waals surface area contributed by atoms with Gasteiger partial charge in [0, 0.05) is 31.0 Å². The lowest BCUT2D eigenvalue weighted by Gasteiger charge is -2.39. The maximum Gasteiger partial charge on any atom is 0.327 e. The summed E-state index contributed by atoms with van der Waals surface area (Å²) in [6.45, 7) is 2.13. The molecule has 0 bridgehead atoms. The molecule has 1 saturated heterocycles. The molecule has 4 amide bonds. The minimum absolute atomic E-state index is 0.0781. The van der Waals surface area contributed by atoms with E-state index >= 15 is 0 Å². The number of amides is 4. The van der Waals surface area contributed by atoms with Gasteiger partial charge in [0.1, 0.15) is 7.85 Å². The van der Waals surface area contributed by atoms with Crippen LogP contribution in [0.2, 0.25) is 0 Å². The SMILES string of the molecule is B[C@@]1(N2Cc3cc(CNC(=O)C(F)(F)C4CCC(C)CC4)ccc3C2=O)CCC(=O)NC1=O. The molecule has 10 heteroatoms. The summed E-state index contributed by atoms with van der Waals surface area (Å²) < 4.78 is 29.3. The fraction of sp³-hybridized carbons (Fsp3) is 0.565. The number of piperidine rings is 1. The Morgan fingerprint density at radius 1 is 1.24 bits per heavy atom. The summed E-state index contributed by atoms with van der Waals surface area (Å²) in [7, 11) is 1.63. The van der Waals surface area contributed by atoms with Crippen LogP contribution in [0.3, 0.4) is 0 Å². The van der Waals surface area contributed by atoms with Gasteiger partial charge in [-0.15, -0.1) is 0 Å². The minimum atomic E-state index is -3.41. The van der Waals surface area contributed by atoms with Gasteiger partial charge in [0.25, 0.3) is 11.8 Å². The van der Waals surface area contributed by atoms with Crippen molar-refractivity contribution in [1.29, 1.82) is 0 Å². The average molecular weight is 459 g/mol. The Balaban J connectivity index is 1.41. The molecule has 0 radical (unpaired) electrons. The van der Waals surface area contributed by atoms with Crippen molar-refractivity contribution in [3.8, 4) is 0 Å². The van der Waals surface area contributed by atoms with E-state index in [1.54, 1.807) is 26.0 Å². The summed E-state index contributed by atoms with van der Waals surface area (Å²) in [6, 6.07) is 4.91. The van der Waals surface area contributed by atoms with E-state index in [-0.39, 0.29) is 37.7 Å². The number of fused-ring (bicyclic) bond motifs is 1. The first-order valence-corrected chi connectivity index (χ1v) is 11.5. The summed E-state index contributed by atoms with van der Waals surface area (Å²) >= 11 is 0. The Labute approximate surface area is 192 Å². The van der Waals surface area contributed by atoms with Crippen molar-refractivity contribution in [2.45, 2.75) is 69.9 Å². The van der Waals surface area contributed by atoms with E-state index in [0.717, 1.165) is 0 Å². The fourth-order valence-electron chi connectivity index (χ4n) is 5.04. The van der Waals surface area contributed by atoms with Crippen LogP contribution in [0.5, 0.6) is 0 Å². The molecule has 3 aliphatic rings. The maximum atomic E-state index is 14.6. The van der Waals surface area contributed by atoms with E-state index in [4.69, 9.17) is 0 Å². The number of carbonyl (C=O) groups is 4. The van der Waals surface area contributed by atoms with E-state index in [2.05, 4.69) is 10.6 Å². The van der Waals surface area contributed by atoms with Crippen LogP contribution in [0.4, 0.5) is 8.78 Å². The van der Waals surface area contributed by atoms with Gasteiger partial charge in [0.2, 0.25) is 11.8 Å². The number of hydrogen-bond acceptors (Lipinski definition) is 4. The average Bonchev–Trinajstić information content (AvgIpc) is 3.11. The molecule has 4 rings (SSSR count). The number of carbonyl (C=O) groups excluding carboxylic acids is 4. The van der Waals surface area contributed by atoms with E-state index in [1.807, 2.05) is 6.92 Å². The van der Waals surface area contributed by atoms with Crippen molar-refractivity contribution in [2.75, 3.05) is 0 Å². The molecule has 7 nitrogen and oxygen atoms in total. The van der Waals surface area contributed by atoms with Crippen LogP contribution in [-0.2, 0) is 27.5 Å². The van der Waals surface area contributed by atoms with Crippen LogP contribution >= 0.6 is 0 Å². The van der Waals surface area contributed by atoms with Gasteiger partial charge in [-0.3, -0.25) is 24.5 Å². The maximum absolute atomic E-state index is 14.6. The first-order valence-electron chi connectivity index (χ1n) is 11.5. The topological polar surface area (TPSA) is 95.6 Å². The lowest BCUT2D eigenvalue weighted by molar-refractivity contribution is -0.156. The Morgan fingerprint density at radius 3 is 2.61 bits per heavy atom. The predicted octanol–water partition coefficient (Wildman–Crippen LogP) is 1.49. The zero-order valence-electron chi connectivity index (χ0n) is 18.9. The van der Waals surface area contributed by atoms with Gasteiger partial charge in [-0.2, -0.15) is 8.78 Å². The molecule has 0 spiro atoms. The quantitative estimate of drug-likeness (QED) is 0.515. The third kappa shape index (κ3) is 4.27. The van der Waals surface area contributed by atoms with Gasteiger partial charge in [-0.1, -0.05) is 31.9 Å². The second-order valence-electron chi connectivity index (χ2n) is 9.80. The number of hydrogen-bond donors (Lipinski definition) is 2. The smallest absolute Gasteiger partial charge is 0.327 e. The van der Waals surface area contributed by atoms with Gasteiger partial charge < -0.3 is 10.2 Å². The summed E-state index contributed by atoms with van der Waals surface area (Å²) in [6.07, 6.45) is 2.47. The minimum Gasteiger partial charge on any atom is -0.347 e. The van der Waals surface area contributed by atoms with Crippen molar-refractivity contribution in [2.24, 2.45) is 11.8 Å². The van der Waals surface area contributed by atoms with Gasteiger partial charge in [-0.05, 0) is 42.4 Å². The molecule has 0 aromatic heterocycles. The molecule has 1 atom stereocenters. The number of rotatable bonds is 5. The van der Waals surface area contributed by atoms with Crippen LogP contribution in [0.1, 0.15) is 66.9 Å². The summed E-state index contributed by atoms with van der Waals surface area (Å²) in [5.41, 5.74) is 0.541. The van der Waals surface area contributed by atoms with Crippen LogP contribution < -0.4 is 10.6 Å². The number of halogens is 2. The molecule has 33 heavy (non-hydrogen) atoms. The lowest BCUT2D eigenvalue weighted by atomic mass is 9.70. The first kappa shape index (κ1) is 23.4. The van der Waals surface area contributed by atoms with Crippen LogP contribution in [0.15, 0.2) is 18.2 Å². The molecule has 2 N–H and O–H groups in total. The highest BCUT2D eigenvalue weighted by Crippen LogP contribution is 2.39. The molecular formula is C23H28BF2N3O4. The zero-order chi connectivity index (χ0) is 24.0. The zero-order valence-corrected chi connectivity index (χ0v) is 18.9. The Bertz CT molecular complexity index is 1010. The highest BCUT2D eigenvalue weighted by atomic mass is 19.3. The number of alkyl halides is 2. The van der Waals surface area contributed by atoms with Crippen LogP contribution in [0.25, 0.3) is 0 Å². The standard InChI is InChI=1S/C23H28BF2N3O4/c1-13-2-5-16(6-3-13)23(25,26)21(33)27-11-14-4-7-17-15(10-14)12-29(19(17)31)22(24)9-8-18(30)28-20(22)32/h4,7,10,13,16H,2-3,5-6,8-9,11-12,24H2,1H3,(H,27,33)(H,28,30,32)/t13?,16?,22-/m1/s1. The lowest BCUT2D eigenvalue weighted by Crippen LogP contribution is -2.63. The fourth-order valence-corrected chi connectivity index (χ4v) is 5.04. The van der Waals surface area contributed by atoms with Gasteiger partial charge in [-0.25, -0.2) is 0 Å². The highest BCUT2D eigenvalue weighted by molar-refractivity contribution is 6.32. The summed E-state index contributed by atoms with van der Waals surface area (Å²) in [5.74, 6) is -6.39. The number of nitrogens with one attached hydrogen (secondary N) is 2. The third-order valence-electron chi connectivity index (χ3n) is 7.43. The van der Waals surface area contributed by atoms with Gasteiger partial charge in [0.05, 0.1) is 5.44 Å². The molecule has 2 heterocycles. The highest BCUT2D eigenvalue weighted by Gasteiger charge is 2.49. The van der Waals surface area contributed by atoms with Crippen molar-refractivity contribution in [3.05, 3.63) is 34.9 Å². The number of imide groups is 1. The second kappa shape index (κ2) is 8.54. The van der Waals surface area contributed by atoms with Crippen molar-refractivity contribution in [1.82, 2.24) is 15.5 Å². The molecule has 1 aromatic carbocycles. The molecule has 1 aromatic rings. The van der Waals surface area contributed by atoms with E-state index in [0.29, 0.717) is 48.3 Å². The second-order valence-corrected chi connectivity index (χ2v) is 9.80. The van der Waals surface area contributed by atoms with E-state index < -0.39 is 29.1 Å². The Hall–Kier alpha value is -2.78. The molecule has 1 saturated carbocycles. The van der Waals surface area contributed by atoms with Crippen LogP contribution in [0, 0.1) is 11.8 Å². The Kier molecular flexibility index (Phi) is 6.05. The van der Waals surface area contributed by atoms with Gasteiger partial charge in [0.15, 0.2) is 0 Å². The predicted molar refractivity (Wildman–Crippen MR) is 118 cm³/mol. The number of benzene rings is 1. The monoisotopic (exact) mass is 459 g/mol. The van der Waals surface area contributed by atoms with Crippen molar-refractivity contribution >= 4 is 31.5 Å². The third-order valence-corrected chi connectivity index (χ3v) is 7.43. The van der Waals surface area contributed by atoms with E-state index in [1.165, 1.54) is 4.90 Å². The molecule has 0 unspecified atom stereocenters. The summed E-state index contributed by atoms with van der Waals surface area (Å²) in [5, 5.41) is 4.65. The van der Waals surface area contributed by atoms with Gasteiger partial charge >= 0.3 is 5.92 Å². The molecule has 176 valence electrons. The van der Waals surface area contributed by atoms with E-state index in [9.17, 15) is 28.0 Å². The normalized spacial score (nSPS) is 27.8. The largest absolute Gasteiger partial charge is 0.347 e.